The van der Waals surface area contributed by atoms with Crippen LogP contribution in [0.25, 0.3) is 6.08 Å². The molecular formula is C18H22ClNOS2. The van der Waals surface area contributed by atoms with Gasteiger partial charge in [-0.15, -0.1) is 0 Å². The number of nitrogens with zero attached hydrogens (tertiary/aromatic N) is 1. The Labute approximate surface area is 153 Å². The number of hydrogen-bond acceptors (Lipinski definition) is 3. The summed E-state index contributed by atoms with van der Waals surface area (Å²) in [6.45, 7) is 5.09. The summed E-state index contributed by atoms with van der Waals surface area (Å²) in [5.41, 5.74) is 0.854. The van der Waals surface area contributed by atoms with Crippen LogP contribution in [0.4, 0.5) is 0 Å². The van der Waals surface area contributed by atoms with Gasteiger partial charge in [-0.2, -0.15) is 0 Å². The zero-order valence-electron chi connectivity index (χ0n) is 13.5. The molecule has 124 valence electrons. The minimum atomic E-state index is 0.00914. The average Bonchev–Trinajstić information content (AvgIpc) is 2.80. The van der Waals surface area contributed by atoms with Gasteiger partial charge in [-0.3, -0.25) is 9.69 Å². The van der Waals surface area contributed by atoms with Crippen molar-refractivity contribution in [2.45, 2.75) is 39.5 Å². The molecule has 5 heteroatoms. The fourth-order valence-electron chi connectivity index (χ4n) is 2.57. The summed E-state index contributed by atoms with van der Waals surface area (Å²) in [5.74, 6) is 0.520. The smallest absolute Gasteiger partial charge is 0.266 e. The van der Waals surface area contributed by atoms with Crippen molar-refractivity contribution >= 4 is 51.9 Å². The van der Waals surface area contributed by atoms with Gasteiger partial charge in [-0.1, -0.05) is 86.9 Å². The van der Waals surface area contributed by atoms with Gasteiger partial charge in [0.15, 0.2) is 0 Å². The van der Waals surface area contributed by atoms with Crippen molar-refractivity contribution in [3.8, 4) is 0 Å². The van der Waals surface area contributed by atoms with E-state index in [1.54, 1.807) is 4.90 Å². The van der Waals surface area contributed by atoms with E-state index in [0.717, 1.165) is 24.9 Å². The maximum Gasteiger partial charge on any atom is 0.266 e. The van der Waals surface area contributed by atoms with Crippen LogP contribution in [-0.2, 0) is 4.79 Å². The molecule has 0 radical (unpaired) electrons. The minimum Gasteiger partial charge on any atom is -0.293 e. The van der Waals surface area contributed by atoms with Gasteiger partial charge < -0.3 is 0 Å². The fourth-order valence-corrected chi connectivity index (χ4v) is 4.02. The third-order valence-corrected chi connectivity index (χ3v) is 5.77. The molecule has 1 aliphatic heterocycles. The molecule has 1 atom stereocenters. The molecule has 1 aliphatic rings. The predicted octanol–water partition coefficient (Wildman–Crippen LogP) is 5.76. The lowest BCUT2D eigenvalue weighted by atomic mass is 9.99. The molecule has 1 fully saturated rings. The number of halogens is 1. The summed E-state index contributed by atoms with van der Waals surface area (Å²) >= 11 is 13.0. The van der Waals surface area contributed by atoms with Crippen molar-refractivity contribution in [3.63, 3.8) is 0 Å². The van der Waals surface area contributed by atoms with Gasteiger partial charge in [0.1, 0.15) is 4.32 Å². The zero-order chi connectivity index (χ0) is 16.8. The summed E-state index contributed by atoms with van der Waals surface area (Å²) in [6, 6.07) is 7.53. The van der Waals surface area contributed by atoms with Gasteiger partial charge in [0.05, 0.1) is 4.91 Å². The second-order valence-corrected chi connectivity index (χ2v) is 7.81. The van der Waals surface area contributed by atoms with E-state index < -0.39 is 0 Å². The lowest BCUT2D eigenvalue weighted by Gasteiger charge is -2.21. The molecule has 0 spiro atoms. The zero-order valence-corrected chi connectivity index (χ0v) is 15.9. The van der Waals surface area contributed by atoms with Crippen molar-refractivity contribution in [2.75, 3.05) is 6.54 Å². The molecule has 1 heterocycles. The van der Waals surface area contributed by atoms with Crippen molar-refractivity contribution in [1.29, 1.82) is 0 Å². The molecule has 1 unspecified atom stereocenters. The lowest BCUT2D eigenvalue weighted by Crippen LogP contribution is -2.33. The Bertz CT molecular complexity index is 615. The Balaban J connectivity index is 2.12. The van der Waals surface area contributed by atoms with Crippen molar-refractivity contribution in [2.24, 2.45) is 5.92 Å². The van der Waals surface area contributed by atoms with Crippen molar-refractivity contribution in [3.05, 3.63) is 39.8 Å². The molecule has 0 bridgehead atoms. The molecule has 1 aromatic carbocycles. The fraction of sp³-hybridized carbons (Fsp3) is 0.444. The van der Waals surface area contributed by atoms with Crippen molar-refractivity contribution in [1.82, 2.24) is 4.90 Å². The lowest BCUT2D eigenvalue weighted by molar-refractivity contribution is -0.122. The normalized spacial score (nSPS) is 18.0. The first-order chi connectivity index (χ1) is 11.1. The largest absolute Gasteiger partial charge is 0.293 e. The van der Waals surface area contributed by atoms with E-state index in [0.29, 0.717) is 20.2 Å². The Hall–Kier alpha value is -0.840. The molecular weight excluding hydrogens is 346 g/mol. The summed E-state index contributed by atoms with van der Waals surface area (Å²) in [4.78, 5) is 15.1. The summed E-state index contributed by atoms with van der Waals surface area (Å²) in [6.07, 6.45) is 6.44. The number of carbonyl (C=O) groups is 1. The third kappa shape index (κ3) is 4.82. The summed E-state index contributed by atoms with van der Waals surface area (Å²) in [7, 11) is 0. The molecule has 2 nitrogen and oxygen atoms in total. The molecule has 1 saturated heterocycles. The molecule has 1 aromatic rings. The van der Waals surface area contributed by atoms with Gasteiger partial charge in [-0.25, -0.2) is 0 Å². The van der Waals surface area contributed by atoms with E-state index >= 15 is 0 Å². The van der Waals surface area contributed by atoms with Gasteiger partial charge in [0.2, 0.25) is 0 Å². The first kappa shape index (κ1) is 18.5. The highest BCUT2D eigenvalue weighted by atomic mass is 35.5. The second kappa shape index (κ2) is 8.86. The summed E-state index contributed by atoms with van der Waals surface area (Å²) in [5, 5.41) is 0.646. The Morgan fingerprint density at radius 1 is 1.35 bits per heavy atom. The number of carbonyl (C=O) groups excluding carboxylic acids is 1. The highest BCUT2D eigenvalue weighted by molar-refractivity contribution is 8.26. The van der Waals surface area contributed by atoms with Crippen LogP contribution < -0.4 is 0 Å². The monoisotopic (exact) mass is 367 g/mol. The highest BCUT2D eigenvalue weighted by Crippen LogP contribution is 2.34. The van der Waals surface area contributed by atoms with Gasteiger partial charge >= 0.3 is 0 Å². The SMILES string of the molecule is CCCCC(CC)CN1C(=O)/C(=C\c2ccccc2Cl)SC1=S. The van der Waals surface area contributed by atoms with E-state index in [2.05, 4.69) is 13.8 Å². The molecule has 1 amide bonds. The van der Waals surface area contributed by atoms with E-state index in [9.17, 15) is 4.79 Å². The topological polar surface area (TPSA) is 20.3 Å². The number of rotatable bonds is 7. The Morgan fingerprint density at radius 3 is 2.74 bits per heavy atom. The highest BCUT2D eigenvalue weighted by Gasteiger charge is 2.33. The van der Waals surface area contributed by atoms with Crippen LogP contribution in [0, 0.1) is 5.92 Å². The third-order valence-electron chi connectivity index (χ3n) is 4.05. The van der Waals surface area contributed by atoms with Crippen LogP contribution in [0.5, 0.6) is 0 Å². The second-order valence-electron chi connectivity index (χ2n) is 5.73. The Morgan fingerprint density at radius 2 is 2.09 bits per heavy atom. The maximum absolute atomic E-state index is 12.7. The van der Waals surface area contributed by atoms with E-state index in [4.69, 9.17) is 23.8 Å². The first-order valence-electron chi connectivity index (χ1n) is 8.06. The molecule has 0 N–H and O–H groups in total. The molecule has 0 aromatic heterocycles. The number of unbranched alkanes of at least 4 members (excludes halogenated alkanes) is 1. The number of thiocarbonyl (C=S) groups is 1. The van der Waals surface area contributed by atoms with Crippen LogP contribution in [0.3, 0.4) is 0 Å². The molecule has 23 heavy (non-hydrogen) atoms. The van der Waals surface area contributed by atoms with Crippen LogP contribution in [0.1, 0.15) is 45.1 Å². The number of benzene rings is 1. The van der Waals surface area contributed by atoms with Crippen LogP contribution in [-0.4, -0.2) is 21.7 Å². The maximum atomic E-state index is 12.7. The van der Waals surface area contributed by atoms with Crippen LogP contribution in [0.2, 0.25) is 5.02 Å². The first-order valence-corrected chi connectivity index (χ1v) is 9.67. The minimum absolute atomic E-state index is 0.00914. The summed E-state index contributed by atoms with van der Waals surface area (Å²) < 4.78 is 0.656. The average molecular weight is 368 g/mol. The molecule has 0 aliphatic carbocycles. The standard InChI is InChI=1S/C18H22ClNOS2/c1-3-5-8-13(4-2)12-20-17(21)16(23-18(20)22)11-14-9-6-7-10-15(14)19/h6-7,9-11,13H,3-5,8,12H2,1-2H3/b16-11+. The number of thioether (sulfide) groups is 1. The molecule has 0 saturated carbocycles. The van der Waals surface area contributed by atoms with Gasteiger partial charge in [0, 0.05) is 11.6 Å². The predicted molar refractivity (Wildman–Crippen MR) is 105 cm³/mol. The van der Waals surface area contributed by atoms with Crippen LogP contribution >= 0.6 is 35.6 Å². The van der Waals surface area contributed by atoms with Crippen molar-refractivity contribution < 1.29 is 4.79 Å². The number of amides is 1. The van der Waals surface area contributed by atoms with Crippen LogP contribution in [0.15, 0.2) is 29.2 Å². The van der Waals surface area contributed by atoms with E-state index in [1.807, 2.05) is 30.3 Å². The molecule has 2 rings (SSSR count). The quantitative estimate of drug-likeness (QED) is 0.451. The van der Waals surface area contributed by atoms with E-state index in [1.165, 1.54) is 24.6 Å². The Kier molecular flexibility index (Phi) is 7.12. The van der Waals surface area contributed by atoms with Gasteiger partial charge in [0.25, 0.3) is 5.91 Å². The van der Waals surface area contributed by atoms with E-state index in [-0.39, 0.29) is 5.91 Å². The number of hydrogen-bond donors (Lipinski definition) is 0. The van der Waals surface area contributed by atoms with Gasteiger partial charge in [-0.05, 0) is 30.0 Å².